The Bertz CT molecular complexity index is 779. The van der Waals surface area contributed by atoms with Crippen molar-refractivity contribution in [2.24, 2.45) is 0 Å². The number of rotatable bonds is 4. The molecule has 1 aliphatic rings. The van der Waals surface area contributed by atoms with Crippen molar-refractivity contribution >= 4 is 26.8 Å². The first-order valence-electron chi connectivity index (χ1n) is 7.82. The molecule has 1 aromatic heterocycles. The van der Waals surface area contributed by atoms with Gasteiger partial charge in [0.15, 0.2) is 21.3 Å². The van der Waals surface area contributed by atoms with Gasteiger partial charge in [0.25, 0.3) is 0 Å². The first-order chi connectivity index (χ1) is 11.0. The molecule has 0 spiro atoms. The van der Waals surface area contributed by atoms with E-state index in [1.807, 2.05) is 24.3 Å². The lowest BCUT2D eigenvalue weighted by molar-refractivity contribution is -0.129. The Kier molecular flexibility index (Phi) is 4.39. The maximum absolute atomic E-state index is 12.2. The van der Waals surface area contributed by atoms with Gasteiger partial charge in [0.2, 0.25) is 5.91 Å². The molecule has 1 aliphatic heterocycles. The van der Waals surface area contributed by atoms with Gasteiger partial charge in [-0.1, -0.05) is 19.1 Å². The third-order valence-corrected chi connectivity index (χ3v) is 5.78. The van der Waals surface area contributed by atoms with Crippen molar-refractivity contribution in [2.45, 2.75) is 25.7 Å². The lowest BCUT2D eigenvalue weighted by Gasteiger charge is -2.31. The van der Waals surface area contributed by atoms with Crippen molar-refractivity contribution < 1.29 is 17.6 Å². The van der Waals surface area contributed by atoms with Gasteiger partial charge in [-0.2, -0.15) is 0 Å². The number of para-hydroxylation sites is 2. The summed E-state index contributed by atoms with van der Waals surface area (Å²) in [4.78, 5) is 18.3. The van der Waals surface area contributed by atoms with E-state index in [0.717, 1.165) is 23.9 Å². The first-order valence-corrected chi connectivity index (χ1v) is 9.64. The predicted octanol–water partition coefficient (Wildman–Crippen LogP) is 1.97. The number of hydrogen-bond donors (Lipinski definition) is 0. The molecule has 1 atom stereocenters. The van der Waals surface area contributed by atoms with Crippen LogP contribution in [0.2, 0.25) is 0 Å². The lowest BCUT2D eigenvalue weighted by atomic mass is 9.98. The summed E-state index contributed by atoms with van der Waals surface area (Å²) in [5.74, 6) is -0.107. The number of carbonyl (C=O) groups is 1. The van der Waals surface area contributed by atoms with E-state index < -0.39 is 15.6 Å². The van der Waals surface area contributed by atoms with E-state index in [-0.39, 0.29) is 17.6 Å². The summed E-state index contributed by atoms with van der Waals surface area (Å²) in [6.07, 6.45) is 1.71. The third-order valence-electron chi connectivity index (χ3n) is 4.22. The number of piperidine rings is 1. The first kappa shape index (κ1) is 16.0. The maximum Gasteiger partial charge on any atom is 0.237 e. The van der Waals surface area contributed by atoms with E-state index in [9.17, 15) is 13.2 Å². The van der Waals surface area contributed by atoms with Crippen LogP contribution in [0.25, 0.3) is 11.1 Å². The normalized spacial score (nSPS) is 19.2. The summed E-state index contributed by atoms with van der Waals surface area (Å²) in [6, 6.07) is 7.55. The molecular formula is C16H20N2O4S. The highest BCUT2D eigenvalue weighted by molar-refractivity contribution is 7.92. The molecule has 1 saturated heterocycles. The highest BCUT2D eigenvalue weighted by atomic mass is 32.2. The van der Waals surface area contributed by atoms with Crippen LogP contribution in [0.3, 0.4) is 0 Å². The minimum absolute atomic E-state index is 0.0128. The van der Waals surface area contributed by atoms with Crippen molar-refractivity contribution in [1.29, 1.82) is 0 Å². The predicted molar refractivity (Wildman–Crippen MR) is 86.9 cm³/mol. The third kappa shape index (κ3) is 3.55. The zero-order valence-electron chi connectivity index (χ0n) is 13.1. The van der Waals surface area contributed by atoms with Crippen molar-refractivity contribution in [3.63, 3.8) is 0 Å². The van der Waals surface area contributed by atoms with Crippen molar-refractivity contribution in [3.05, 3.63) is 30.2 Å². The number of amides is 1. The number of carbonyl (C=O) groups excluding carboxylic acids is 1. The number of likely N-dealkylation sites (tertiary alicyclic amines) is 1. The van der Waals surface area contributed by atoms with Crippen LogP contribution in [0.15, 0.2) is 28.7 Å². The fourth-order valence-corrected chi connectivity index (χ4v) is 3.61. The lowest BCUT2D eigenvalue weighted by Crippen LogP contribution is -2.42. The number of oxazole rings is 1. The number of aromatic nitrogens is 1. The summed E-state index contributed by atoms with van der Waals surface area (Å²) in [7, 11) is -3.30. The summed E-state index contributed by atoms with van der Waals surface area (Å²) < 4.78 is 29.1. The van der Waals surface area contributed by atoms with Crippen molar-refractivity contribution in [3.8, 4) is 0 Å². The minimum atomic E-state index is -3.30. The largest absolute Gasteiger partial charge is 0.440 e. The second-order valence-electron chi connectivity index (χ2n) is 5.88. The number of hydrogen-bond acceptors (Lipinski definition) is 5. The van der Waals surface area contributed by atoms with E-state index in [1.165, 1.54) is 0 Å². The summed E-state index contributed by atoms with van der Waals surface area (Å²) in [5, 5.41) is 0. The molecule has 3 rings (SSSR count). The average molecular weight is 336 g/mol. The number of benzene rings is 1. The van der Waals surface area contributed by atoms with Crippen LogP contribution in [-0.2, 0) is 14.6 Å². The second kappa shape index (κ2) is 6.31. The van der Waals surface area contributed by atoms with Gasteiger partial charge in [-0.25, -0.2) is 13.4 Å². The molecule has 23 heavy (non-hydrogen) atoms. The molecule has 1 aromatic carbocycles. The monoisotopic (exact) mass is 336 g/mol. The van der Waals surface area contributed by atoms with Gasteiger partial charge in [0.1, 0.15) is 11.3 Å². The fourth-order valence-electron chi connectivity index (χ4n) is 2.85. The van der Waals surface area contributed by atoms with Gasteiger partial charge >= 0.3 is 0 Å². The topological polar surface area (TPSA) is 80.5 Å². The molecule has 1 amide bonds. The zero-order chi connectivity index (χ0) is 16.4. The van der Waals surface area contributed by atoms with Crippen LogP contribution in [0.5, 0.6) is 0 Å². The molecular weight excluding hydrogens is 316 g/mol. The Hall–Kier alpha value is -1.89. The molecule has 0 radical (unpaired) electrons. The van der Waals surface area contributed by atoms with Gasteiger partial charge in [-0.05, 0) is 25.0 Å². The second-order valence-corrected chi connectivity index (χ2v) is 8.23. The van der Waals surface area contributed by atoms with Gasteiger partial charge in [0, 0.05) is 18.8 Å². The van der Waals surface area contributed by atoms with Crippen LogP contribution in [0.1, 0.15) is 31.6 Å². The molecule has 124 valence electrons. The molecule has 2 aromatic rings. The Balaban J connectivity index is 1.74. The molecule has 7 heteroatoms. The molecule has 0 bridgehead atoms. The van der Waals surface area contributed by atoms with Crippen molar-refractivity contribution in [1.82, 2.24) is 9.88 Å². The van der Waals surface area contributed by atoms with Crippen LogP contribution in [-0.4, -0.2) is 48.8 Å². The standard InChI is InChI=1S/C16H20N2O4S/c1-2-23(20,21)11-15(19)18-9-5-6-12(10-18)16-17-13-7-3-4-8-14(13)22-16/h3-4,7-8,12H,2,5-6,9-11H2,1H3. The maximum atomic E-state index is 12.2. The molecule has 1 fully saturated rings. The Morgan fingerprint density at radius 1 is 1.39 bits per heavy atom. The molecule has 0 saturated carbocycles. The highest BCUT2D eigenvalue weighted by Crippen LogP contribution is 2.29. The van der Waals surface area contributed by atoms with Crippen molar-refractivity contribution in [2.75, 3.05) is 24.6 Å². The van der Waals surface area contributed by atoms with Gasteiger partial charge < -0.3 is 9.32 Å². The quantitative estimate of drug-likeness (QED) is 0.853. The molecule has 0 N–H and O–H groups in total. The van der Waals surface area contributed by atoms with Gasteiger partial charge in [-0.3, -0.25) is 4.79 Å². The van der Waals surface area contributed by atoms with E-state index in [0.29, 0.717) is 19.0 Å². The Morgan fingerprint density at radius 3 is 2.91 bits per heavy atom. The molecule has 0 aliphatic carbocycles. The SMILES string of the molecule is CCS(=O)(=O)CC(=O)N1CCCC(c2nc3ccccc3o2)C1. The van der Waals surface area contributed by atoms with Gasteiger partial charge in [-0.15, -0.1) is 0 Å². The van der Waals surface area contributed by atoms with Crippen LogP contribution in [0.4, 0.5) is 0 Å². The van der Waals surface area contributed by atoms with Crippen LogP contribution in [0, 0.1) is 0 Å². The van der Waals surface area contributed by atoms with Crippen LogP contribution >= 0.6 is 0 Å². The summed E-state index contributed by atoms with van der Waals surface area (Å²) in [6.45, 7) is 2.61. The summed E-state index contributed by atoms with van der Waals surface area (Å²) in [5.41, 5.74) is 1.54. The summed E-state index contributed by atoms with van der Waals surface area (Å²) >= 11 is 0. The molecule has 2 heterocycles. The number of sulfone groups is 1. The fraction of sp³-hybridized carbons (Fsp3) is 0.500. The number of nitrogens with zero attached hydrogens (tertiary/aromatic N) is 2. The van der Waals surface area contributed by atoms with E-state index in [2.05, 4.69) is 4.98 Å². The minimum Gasteiger partial charge on any atom is -0.440 e. The zero-order valence-corrected chi connectivity index (χ0v) is 13.9. The van der Waals surface area contributed by atoms with Gasteiger partial charge in [0.05, 0.1) is 5.92 Å². The van der Waals surface area contributed by atoms with E-state index in [4.69, 9.17) is 4.42 Å². The molecule has 6 nitrogen and oxygen atoms in total. The Labute approximate surface area is 135 Å². The highest BCUT2D eigenvalue weighted by Gasteiger charge is 2.29. The number of fused-ring (bicyclic) bond motifs is 1. The smallest absolute Gasteiger partial charge is 0.237 e. The van der Waals surface area contributed by atoms with E-state index in [1.54, 1.807) is 11.8 Å². The van der Waals surface area contributed by atoms with Crippen LogP contribution < -0.4 is 0 Å². The molecule has 1 unspecified atom stereocenters. The van der Waals surface area contributed by atoms with E-state index >= 15 is 0 Å². The Morgan fingerprint density at radius 2 is 2.17 bits per heavy atom. The average Bonchev–Trinajstić information content (AvgIpc) is 2.99.